The van der Waals surface area contributed by atoms with Crippen molar-refractivity contribution < 1.29 is 9.84 Å². The monoisotopic (exact) mass is 222 g/mol. The highest BCUT2D eigenvalue weighted by atomic mass is 16.5. The van der Waals surface area contributed by atoms with E-state index in [0.29, 0.717) is 24.4 Å². The maximum Gasteiger partial charge on any atom is 0.0821 e. The van der Waals surface area contributed by atoms with Crippen molar-refractivity contribution in [3.8, 4) is 0 Å². The van der Waals surface area contributed by atoms with E-state index in [9.17, 15) is 5.11 Å². The van der Waals surface area contributed by atoms with Gasteiger partial charge in [0.15, 0.2) is 0 Å². The second kappa shape index (κ2) is 4.01. The second-order valence-electron chi connectivity index (χ2n) is 5.42. The van der Waals surface area contributed by atoms with Crippen molar-refractivity contribution in [2.75, 3.05) is 13.2 Å². The van der Waals surface area contributed by atoms with Crippen molar-refractivity contribution in [2.24, 2.45) is 23.2 Å². The molecule has 0 unspecified atom stereocenters. The lowest BCUT2D eigenvalue weighted by Gasteiger charge is -2.54. The fourth-order valence-corrected chi connectivity index (χ4v) is 3.55. The summed E-state index contributed by atoms with van der Waals surface area (Å²) in [6, 6.07) is 0. The molecule has 90 valence electrons. The summed E-state index contributed by atoms with van der Waals surface area (Å²) in [5.41, 5.74) is 1.29. The standard InChI is InChI=1S/C14H22O2/c1-5-12-13-9(2)6-10(3)14(7-15,8-16-12)11(13)4/h5-6,10-13,15H,1,7-8H2,2-4H3/t10-,11-,12+,13+,14+/m0/s1. The number of allylic oxidation sites excluding steroid dienone is 1. The molecule has 2 nitrogen and oxygen atoms in total. The molecule has 1 saturated heterocycles. The first-order valence-electron chi connectivity index (χ1n) is 6.10. The third-order valence-electron chi connectivity index (χ3n) is 4.82. The van der Waals surface area contributed by atoms with Crippen molar-refractivity contribution in [1.29, 1.82) is 0 Å². The highest BCUT2D eigenvalue weighted by Crippen LogP contribution is 2.52. The molecule has 0 aromatic carbocycles. The number of ether oxygens (including phenoxy) is 1. The van der Waals surface area contributed by atoms with Gasteiger partial charge in [0.05, 0.1) is 19.3 Å². The molecule has 2 rings (SSSR count). The largest absolute Gasteiger partial charge is 0.396 e. The Kier molecular flexibility index (Phi) is 2.97. The van der Waals surface area contributed by atoms with Crippen molar-refractivity contribution in [3.05, 3.63) is 24.3 Å². The number of fused-ring (bicyclic) bond motifs is 2. The third kappa shape index (κ3) is 1.40. The number of hydrogen-bond donors (Lipinski definition) is 1. The fourth-order valence-electron chi connectivity index (χ4n) is 3.55. The Morgan fingerprint density at radius 3 is 2.88 bits per heavy atom. The van der Waals surface area contributed by atoms with E-state index in [4.69, 9.17) is 4.74 Å². The van der Waals surface area contributed by atoms with Crippen molar-refractivity contribution >= 4 is 0 Å². The van der Waals surface area contributed by atoms with Gasteiger partial charge in [0.25, 0.3) is 0 Å². The van der Waals surface area contributed by atoms with Crippen LogP contribution in [0.5, 0.6) is 0 Å². The lowest BCUT2D eigenvalue weighted by molar-refractivity contribution is -0.148. The maximum atomic E-state index is 9.74. The number of hydrogen-bond acceptors (Lipinski definition) is 2. The highest BCUT2D eigenvalue weighted by molar-refractivity contribution is 5.22. The third-order valence-corrected chi connectivity index (χ3v) is 4.82. The van der Waals surface area contributed by atoms with Crippen LogP contribution >= 0.6 is 0 Å². The Morgan fingerprint density at radius 1 is 1.62 bits per heavy atom. The van der Waals surface area contributed by atoms with Crippen LogP contribution in [0.15, 0.2) is 24.3 Å². The van der Waals surface area contributed by atoms with Gasteiger partial charge in [-0.3, -0.25) is 0 Å². The Labute approximate surface area is 98.0 Å². The van der Waals surface area contributed by atoms with Crippen LogP contribution in [0.1, 0.15) is 20.8 Å². The highest BCUT2D eigenvalue weighted by Gasteiger charge is 2.52. The molecule has 1 aliphatic carbocycles. The minimum Gasteiger partial charge on any atom is -0.396 e. The van der Waals surface area contributed by atoms with E-state index >= 15 is 0 Å². The quantitative estimate of drug-likeness (QED) is 0.727. The predicted octanol–water partition coefficient (Wildman–Crippen LogP) is 2.40. The van der Waals surface area contributed by atoms with Crippen LogP contribution in [0.2, 0.25) is 0 Å². The van der Waals surface area contributed by atoms with E-state index in [1.807, 2.05) is 6.08 Å². The Bertz CT molecular complexity index is 321. The van der Waals surface area contributed by atoms with Gasteiger partial charge >= 0.3 is 0 Å². The first-order chi connectivity index (χ1) is 7.56. The minimum absolute atomic E-state index is 0.0936. The molecular weight excluding hydrogens is 200 g/mol. The van der Waals surface area contributed by atoms with Gasteiger partial charge in [-0.25, -0.2) is 0 Å². The van der Waals surface area contributed by atoms with Crippen molar-refractivity contribution in [3.63, 3.8) is 0 Å². The Morgan fingerprint density at radius 2 is 2.31 bits per heavy atom. The van der Waals surface area contributed by atoms with Crippen LogP contribution < -0.4 is 0 Å². The van der Waals surface area contributed by atoms with Crippen LogP contribution in [0.4, 0.5) is 0 Å². The molecule has 0 aromatic rings. The zero-order valence-electron chi connectivity index (χ0n) is 10.4. The molecule has 0 amide bonds. The molecule has 1 aliphatic heterocycles. The van der Waals surface area contributed by atoms with Gasteiger partial charge in [-0.05, 0) is 18.8 Å². The van der Waals surface area contributed by atoms with Gasteiger partial charge in [0, 0.05) is 11.3 Å². The Balaban J connectivity index is 2.44. The molecule has 1 fully saturated rings. The smallest absolute Gasteiger partial charge is 0.0821 e. The van der Waals surface area contributed by atoms with Gasteiger partial charge in [-0.2, -0.15) is 0 Å². The summed E-state index contributed by atoms with van der Waals surface area (Å²) in [7, 11) is 0. The lowest BCUT2D eigenvalue weighted by atomic mass is 9.56. The SMILES string of the molecule is C=C[C@H]1OC[C@]2(CO)[C@@H](C)C=C(C)[C@@H]1[C@@H]2C. The van der Waals surface area contributed by atoms with Crippen LogP contribution in [-0.4, -0.2) is 24.4 Å². The molecule has 0 saturated carbocycles. The summed E-state index contributed by atoms with van der Waals surface area (Å²) in [5.74, 6) is 1.22. The van der Waals surface area contributed by atoms with Crippen LogP contribution in [-0.2, 0) is 4.74 Å². The lowest BCUT2D eigenvalue weighted by Crippen LogP contribution is -2.55. The molecule has 1 N–H and O–H groups in total. The Hall–Kier alpha value is -0.600. The predicted molar refractivity (Wildman–Crippen MR) is 65.0 cm³/mol. The van der Waals surface area contributed by atoms with E-state index in [2.05, 4.69) is 33.4 Å². The van der Waals surface area contributed by atoms with Crippen LogP contribution in [0, 0.1) is 23.2 Å². The molecule has 2 aliphatic rings. The maximum absolute atomic E-state index is 9.74. The molecular formula is C14H22O2. The first kappa shape index (κ1) is 11.9. The van der Waals surface area contributed by atoms with E-state index in [-0.39, 0.29) is 18.1 Å². The first-order valence-corrected chi connectivity index (χ1v) is 6.10. The summed E-state index contributed by atoms with van der Waals surface area (Å²) < 4.78 is 5.88. The summed E-state index contributed by atoms with van der Waals surface area (Å²) in [6.07, 6.45) is 4.31. The van der Waals surface area contributed by atoms with Crippen molar-refractivity contribution in [1.82, 2.24) is 0 Å². The summed E-state index contributed by atoms with van der Waals surface area (Å²) in [5, 5.41) is 9.74. The molecule has 1 heterocycles. The van der Waals surface area contributed by atoms with E-state index in [1.165, 1.54) is 5.57 Å². The van der Waals surface area contributed by atoms with Gasteiger partial charge < -0.3 is 9.84 Å². The topological polar surface area (TPSA) is 29.5 Å². The molecule has 2 heteroatoms. The summed E-state index contributed by atoms with van der Waals surface area (Å²) in [6.45, 7) is 11.3. The second-order valence-corrected chi connectivity index (χ2v) is 5.42. The molecule has 5 atom stereocenters. The number of aliphatic hydroxyl groups is 1. The molecule has 0 spiro atoms. The van der Waals surface area contributed by atoms with Crippen LogP contribution in [0.3, 0.4) is 0 Å². The van der Waals surface area contributed by atoms with E-state index in [0.717, 1.165) is 0 Å². The average molecular weight is 222 g/mol. The fraction of sp³-hybridized carbons (Fsp3) is 0.714. The number of rotatable bonds is 2. The normalized spacial score (nSPS) is 47.4. The molecule has 16 heavy (non-hydrogen) atoms. The minimum atomic E-state index is -0.0936. The summed E-state index contributed by atoms with van der Waals surface area (Å²) >= 11 is 0. The zero-order chi connectivity index (χ0) is 11.9. The van der Waals surface area contributed by atoms with Crippen LogP contribution in [0.25, 0.3) is 0 Å². The molecule has 0 radical (unpaired) electrons. The number of aliphatic hydroxyl groups excluding tert-OH is 1. The zero-order valence-corrected chi connectivity index (χ0v) is 10.4. The van der Waals surface area contributed by atoms with E-state index < -0.39 is 0 Å². The van der Waals surface area contributed by atoms with E-state index in [1.54, 1.807) is 0 Å². The molecule has 2 bridgehead atoms. The van der Waals surface area contributed by atoms with Gasteiger partial charge in [0.2, 0.25) is 0 Å². The van der Waals surface area contributed by atoms with Gasteiger partial charge in [0.1, 0.15) is 0 Å². The molecule has 0 aromatic heterocycles. The van der Waals surface area contributed by atoms with Gasteiger partial charge in [-0.1, -0.05) is 31.6 Å². The van der Waals surface area contributed by atoms with Gasteiger partial charge in [-0.15, -0.1) is 6.58 Å². The average Bonchev–Trinajstić information content (AvgIpc) is 2.26. The van der Waals surface area contributed by atoms with Crippen molar-refractivity contribution in [2.45, 2.75) is 26.9 Å². The summed E-state index contributed by atoms with van der Waals surface area (Å²) in [4.78, 5) is 0.